The molecule has 0 heterocycles. The number of hydrogen-bond acceptors (Lipinski definition) is 1. The van der Waals surface area contributed by atoms with Gasteiger partial charge in [-0.3, -0.25) is 0 Å². The van der Waals surface area contributed by atoms with Crippen molar-refractivity contribution in [2.45, 2.75) is 0 Å². The largest absolute Gasteiger partial charge is 0.497 e. The van der Waals surface area contributed by atoms with Crippen molar-refractivity contribution in [3.8, 4) is 5.75 Å². The van der Waals surface area contributed by atoms with Gasteiger partial charge in [0.05, 0.1) is 7.11 Å². The van der Waals surface area contributed by atoms with Gasteiger partial charge in [-0.25, -0.2) is 0 Å². The van der Waals surface area contributed by atoms with Crippen molar-refractivity contribution < 1.29 is 4.74 Å². The van der Waals surface area contributed by atoms with Gasteiger partial charge in [-0.15, -0.1) is 0 Å². The van der Waals surface area contributed by atoms with Crippen LogP contribution in [0.5, 0.6) is 5.75 Å². The molecule has 0 aromatic heterocycles. The highest BCUT2D eigenvalue weighted by atomic mass is 16.5. The smallest absolute Gasteiger partial charge is 0.119 e. The van der Waals surface area contributed by atoms with E-state index in [0.717, 1.165) is 22.4 Å². The SMILES string of the molecule is C=C(c1cccc(OC)c1)c1cccc2ccccc12. The maximum absolute atomic E-state index is 5.29. The first-order valence-electron chi connectivity index (χ1n) is 6.61. The Labute approximate surface area is 119 Å². The third kappa shape index (κ3) is 2.19. The molecule has 0 saturated heterocycles. The van der Waals surface area contributed by atoms with E-state index in [1.54, 1.807) is 7.11 Å². The van der Waals surface area contributed by atoms with Crippen molar-refractivity contribution in [2.24, 2.45) is 0 Å². The number of benzene rings is 3. The average Bonchev–Trinajstić information content (AvgIpc) is 2.53. The second-order valence-electron chi connectivity index (χ2n) is 4.74. The number of methoxy groups -OCH3 is 1. The summed E-state index contributed by atoms with van der Waals surface area (Å²) >= 11 is 0. The molecule has 0 aliphatic heterocycles. The van der Waals surface area contributed by atoms with Crippen LogP contribution in [-0.4, -0.2) is 7.11 Å². The Morgan fingerprint density at radius 1 is 0.900 bits per heavy atom. The van der Waals surface area contributed by atoms with E-state index >= 15 is 0 Å². The lowest BCUT2D eigenvalue weighted by molar-refractivity contribution is 0.414. The molecule has 0 amide bonds. The predicted molar refractivity (Wildman–Crippen MR) is 85.1 cm³/mol. The fourth-order valence-electron chi connectivity index (χ4n) is 2.45. The van der Waals surface area contributed by atoms with Crippen LogP contribution >= 0.6 is 0 Å². The molecule has 3 aromatic carbocycles. The van der Waals surface area contributed by atoms with E-state index in [4.69, 9.17) is 4.74 Å². The summed E-state index contributed by atoms with van der Waals surface area (Å²) in [6.45, 7) is 4.27. The molecule has 20 heavy (non-hydrogen) atoms. The van der Waals surface area contributed by atoms with Gasteiger partial charge >= 0.3 is 0 Å². The Balaban J connectivity index is 2.12. The van der Waals surface area contributed by atoms with Crippen molar-refractivity contribution in [2.75, 3.05) is 7.11 Å². The van der Waals surface area contributed by atoms with Crippen molar-refractivity contribution in [1.82, 2.24) is 0 Å². The molecule has 0 aliphatic carbocycles. The number of fused-ring (bicyclic) bond motifs is 1. The van der Waals surface area contributed by atoms with Crippen LogP contribution in [0.25, 0.3) is 16.3 Å². The van der Waals surface area contributed by atoms with Gasteiger partial charge in [0.25, 0.3) is 0 Å². The minimum Gasteiger partial charge on any atom is -0.497 e. The summed E-state index contributed by atoms with van der Waals surface area (Å²) in [5.41, 5.74) is 3.26. The lowest BCUT2D eigenvalue weighted by Gasteiger charge is -2.11. The van der Waals surface area contributed by atoms with Gasteiger partial charge in [0.15, 0.2) is 0 Å². The fourth-order valence-corrected chi connectivity index (χ4v) is 2.45. The van der Waals surface area contributed by atoms with E-state index in [9.17, 15) is 0 Å². The normalized spacial score (nSPS) is 10.4. The molecule has 0 bridgehead atoms. The van der Waals surface area contributed by atoms with Crippen LogP contribution in [0.15, 0.2) is 73.3 Å². The molecule has 0 saturated carbocycles. The zero-order chi connectivity index (χ0) is 13.9. The molecule has 0 N–H and O–H groups in total. The third-order valence-corrected chi connectivity index (χ3v) is 3.53. The van der Waals surface area contributed by atoms with Crippen LogP contribution in [0, 0.1) is 0 Å². The Bertz CT molecular complexity index is 766. The van der Waals surface area contributed by atoms with Gasteiger partial charge in [0.2, 0.25) is 0 Å². The summed E-state index contributed by atoms with van der Waals surface area (Å²) in [5.74, 6) is 0.851. The molecule has 0 aliphatic rings. The fraction of sp³-hybridized carbons (Fsp3) is 0.0526. The topological polar surface area (TPSA) is 9.23 Å². The summed E-state index contributed by atoms with van der Waals surface area (Å²) in [7, 11) is 1.68. The highest BCUT2D eigenvalue weighted by Crippen LogP contribution is 2.30. The van der Waals surface area contributed by atoms with Gasteiger partial charge in [-0.2, -0.15) is 0 Å². The molecule has 0 atom stereocenters. The summed E-state index contributed by atoms with van der Waals surface area (Å²) in [5, 5.41) is 2.46. The molecule has 1 nitrogen and oxygen atoms in total. The second-order valence-corrected chi connectivity index (χ2v) is 4.74. The highest BCUT2D eigenvalue weighted by molar-refractivity contribution is 5.97. The maximum Gasteiger partial charge on any atom is 0.119 e. The van der Waals surface area contributed by atoms with Gasteiger partial charge in [0.1, 0.15) is 5.75 Å². The molecular formula is C19H16O. The lowest BCUT2D eigenvalue weighted by Crippen LogP contribution is -1.90. The standard InChI is InChI=1S/C19H16O/c1-14(16-9-5-10-17(13-16)20-2)18-12-6-8-15-7-3-4-11-19(15)18/h3-13H,1H2,2H3. The van der Waals surface area contributed by atoms with E-state index in [0.29, 0.717) is 0 Å². The molecule has 1 heteroatoms. The second kappa shape index (κ2) is 5.22. The zero-order valence-corrected chi connectivity index (χ0v) is 11.5. The Morgan fingerprint density at radius 2 is 1.65 bits per heavy atom. The molecule has 0 unspecified atom stereocenters. The van der Waals surface area contributed by atoms with E-state index in [1.165, 1.54) is 10.8 Å². The highest BCUT2D eigenvalue weighted by Gasteiger charge is 2.07. The number of hydrogen-bond donors (Lipinski definition) is 0. The average molecular weight is 260 g/mol. The molecular weight excluding hydrogens is 244 g/mol. The van der Waals surface area contributed by atoms with E-state index in [-0.39, 0.29) is 0 Å². The maximum atomic E-state index is 5.29. The van der Waals surface area contributed by atoms with E-state index in [1.807, 2.05) is 18.2 Å². The Hall–Kier alpha value is -2.54. The molecule has 0 spiro atoms. The summed E-state index contributed by atoms with van der Waals surface area (Å²) in [6.07, 6.45) is 0. The first kappa shape index (κ1) is 12.5. The lowest BCUT2D eigenvalue weighted by atomic mass is 9.94. The van der Waals surface area contributed by atoms with Crippen LogP contribution in [0.1, 0.15) is 11.1 Å². The van der Waals surface area contributed by atoms with Crippen LogP contribution < -0.4 is 4.74 Å². The Kier molecular flexibility index (Phi) is 3.26. The van der Waals surface area contributed by atoms with Crippen molar-refractivity contribution in [3.05, 3.63) is 84.4 Å². The van der Waals surface area contributed by atoms with Gasteiger partial charge in [-0.1, -0.05) is 61.2 Å². The molecule has 0 fully saturated rings. The minimum absolute atomic E-state index is 0.851. The van der Waals surface area contributed by atoms with E-state index in [2.05, 4.69) is 55.1 Å². The first-order valence-corrected chi connectivity index (χ1v) is 6.61. The molecule has 3 rings (SSSR count). The van der Waals surface area contributed by atoms with E-state index < -0.39 is 0 Å². The summed E-state index contributed by atoms with van der Waals surface area (Å²) in [4.78, 5) is 0. The first-order chi connectivity index (χ1) is 9.79. The third-order valence-electron chi connectivity index (χ3n) is 3.53. The van der Waals surface area contributed by atoms with Crippen LogP contribution in [0.4, 0.5) is 0 Å². The van der Waals surface area contributed by atoms with Crippen molar-refractivity contribution >= 4 is 16.3 Å². The number of ether oxygens (including phenoxy) is 1. The van der Waals surface area contributed by atoms with Crippen LogP contribution in [-0.2, 0) is 0 Å². The molecule has 98 valence electrons. The van der Waals surface area contributed by atoms with Crippen molar-refractivity contribution in [1.29, 1.82) is 0 Å². The van der Waals surface area contributed by atoms with Gasteiger partial charge in [0, 0.05) is 0 Å². The quantitative estimate of drug-likeness (QED) is 0.650. The number of rotatable bonds is 3. The van der Waals surface area contributed by atoms with Gasteiger partial charge in [-0.05, 0) is 39.6 Å². The van der Waals surface area contributed by atoms with Crippen LogP contribution in [0.3, 0.4) is 0 Å². The van der Waals surface area contributed by atoms with Gasteiger partial charge < -0.3 is 4.74 Å². The summed E-state index contributed by atoms with van der Waals surface area (Å²) in [6, 6.07) is 22.7. The van der Waals surface area contributed by atoms with Crippen LogP contribution in [0.2, 0.25) is 0 Å². The molecule has 3 aromatic rings. The molecule has 0 radical (unpaired) electrons. The minimum atomic E-state index is 0.851. The monoisotopic (exact) mass is 260 g/mol. The van der Waals surface area contributed by atoms with Crippen molar-refractivity contribution in [3.63, 3.8) is 0 Å². The summed E-state index contributed by atoms with van der Waals surface area (Å²) < 4.78 is 5.29. The predicted octanol–water partition coefficient (Wildman–Crippen LogP) is 4.91. The zero-order valence-electron chi connectivity index (χ0n) is 11.5. The Morgan fingerprint density at radius 3 is 2.50 bits per heavy atom.